The van der Waals surface area contributed by atoms with E-state index in [2.05, 4.69) is 15.3 Å². The number of thiazole rings is 1. The van der Waals surface area contributed by atoms with Gasteiger partial charge in [0.15, 0.2) is 0 Å². The summed E-state index contributed by atoms with van der Waals surface area (Å²) in [7, 11) is 0. The normalized spacial score (nSPS) is 10.4. The quantitative estimate of drug-likeness (QED) is 0.886. The van der Waals surface area contributed by atoms with Gasteiger partial charge >= 0.3 is 0 Å². The van der Waals surface area contributed by atoms with Gasteiger partial charge in [-0.1, -0.05) is 23.2 Å². The highest BCUT2D eigenvalue weighted by molar-refractivity contribution is 7.11. The third-order valence-electron chi connectivity index (χ3n) is 2.12. The molecule has 94 valence electrons. The van der Waals surface area contributed by atoms with Gasteiger partial charge < -0.3 is 5.32 Å². The van der Waals surface area contributed by atoms with Gasteiger partial charge in [-0.05, 0) is 19.1 Å². The summed E-state index contributed by atoms with van der Waals surface area (Å²) in [5.74, 6) is -0.353. The van der Waals surface area contributed by atoms with Gasteiger partial charge in [-0.3, -0.25) is 4.79 Å². The third-order valence-corrected chi connectivity index (χ3v) is 3.55. The van der Waals surface area contributed by atoms with Crippen molar-refractivity contribution >= 4 is 40.4 Å². The van der Waals surface area contributed by atoms with E-state index >= 15 is 0 Å². The summed E-state index contributed by atoms with van der Waals surface area (Å²) in [5.41, 5.74) is 0.130. The lowest BCUT2D eigenvalue weighted by Crippen LogP contribution is -2.23. The fourth-order valence-electron chi connectivity index (χ4n) is 1.32. The van der Waals surface area contributed by atoms with Gasteiger partial charge in [0.05, 0.1) is 16.6 Å². The van der Waals surface area contributed by atoms with Crippen LogP contribution < -0.4 is 5.32 Å². The Balaban J connectivity index is 2.05. The van der Waals surface area contributed by atoms with Crippen LogP contribution in [0, 0.1) is 6.92 Å². The van der Waals surface area contributed by atoms with Crippen molar-refractivity contribution in [2.24, 2.45) is 0 Å². The highest BCUT2D eigenvalue weighted by Gasteiger charge is 2.12. The summed E-state index contributed by atoms with van der Waals surface area (Å²) in [6.45, 7) is 2.31. The Morgan fingerprint density at radius 3 is 2.89 bits per heavy atom. The molecule has 1 amide bonds. The van der Waals surface area contributed by atoms with E-state index in [0.717, 1.165) is 9.88 Å². The standard InChI is InChI=1S/C11H9Cl2N3OS/c1-6-14-4-7(18-6)5-15-11(17)10-8(12)2-3-9(13)16-10/h2-4H,5H2,1H3,(H,15,17). The molecule has 0 atom stereocenters. The van der Waals surface area contributed by atoms with E-state index in [1.54, 1.807) is 12.3 Å². The zero-order chi connectivity index (χ0) is 13.1. The number of nitrogens with zero attached hydrogens (tertiary/aromatic N) is 2. The van der Waals surface area contributed by atoms with E-state index in [0.29, 0.717) is 6.54 Å². The molecule has 0 bridgehead atoms. The van der Waals surface area contributed by atoms with Crippen LogP contribution in [0.25, 0.3) is 0 Å². The minimum Gasteiger partial charge on any atom is -0.346 e. The van der Waals surface area contributed by atoms with Crippen molar-refractivity contribution in [1.82, 2.24) is 15.3 Å². The predicted octanol–water partition coefficient (Wildman–Crippen LogP) is 3.08. The average molecular weight is 302 g/mol. The first-order valence-electron chi connectivity index (χ1n) is 5.08. The lowest BCUT2D eigenvalue weighted by molar-refractivity contribution is 0.0946. The summed E-state index contributed by atoms with van der Waals surface area (Å²) in [6, 6.07) is 3.08. The molecule has 0 spiro atoms. The summed E-state index contributed by atoms with van der Waals surface area (Å²) in [4.78, 5) is 20.8. The summed E-state index contributed by atoms with van der Waals surface area (Å²) >= 11 is 13.1. The molecule has 2 aromatic heterocycles. The minimum atomic E-state index is -0.353. The lowest BCUT2D eigenvalue weighted by atomic mass is 10.3. The number of nitrogens with one attached hydrogen (secondary N) is 1. The molecule has 0 aliphatic rings. The second-order valence-electron chi connectivity index (χ2n) is 3.49. The molecular weight excluding hydrogens is 293 g/mol. The predicted molar refractivity (Wildman–Crippen MR) is 72.3 cm³/mol. The van der Waals surface area contributed by atoms with Crippen LogP contribution in [0.3, 0.4) is 0 Å². The summed E-state index contributed by atoms with van der Waals surface area (Å²) in [5, 5.41) is 4.19. The molecule has 18 heavy (non-hydrogen) atoms. The molecule has 0 aliphatic carbocycles. The van der Waals surface area contributed by atoms with E-state index in [-0.39, 0.29) is 21.8 Å². The Morgan fingerprint density at radius 2 is 2.22 bits per heavy atom. The molecule has 0 radical (unpaired) electrons. The van der Waals surface area contributed by atoms with Gasteiger partial charge in [-0.15, -0.1) is 11.3 Å². The van der Waals surface area contributed by atoms with Gasteiger partial charge in [0.25, 0.3) is 5.91 Å². The van der Waals surface area contributed by atoms with Gasteiger partial charge in [-0.25, -0.2) is 9.97 Å². The van der Waals surface area contributed by atoms with Crippen molar-refractivity contribution in [3.05, 3.63) is 44.1 Å². The van der Waals surface area contributed by atoms with Crippen LogP contribution in [-0.4, -0.2) is 15.9 Å². The molecule has 4 nitrogen and oxygen atoms in total. The minimum absolute atomic E-state index is 0.130. The molecule has 2 heterocycles. The van der Waals surface area contributed by atoms with E-state index in [1.807, 2.05) is 6.92 Å². The number of hydrogen-bond donors (Lipinski definition) is 1. The monoisotopic (exact) mass is 301 g/mol. The van der Waals surface area contributed by atoms with Crippen molar-refractivity contribution in [3.63, 3.8) is 0 Å². The van der Waals surface area contributed by atoms with Gasteiger partial charge in [0.1, 0.15) is 10.8 Å². The largest absolute Gasteiger partial charge is 0.346 e. The highest BCUT2D eigenvalue weighted by atomic mass is 35.5. The Bertz CT molecular complexity index is 585. The second kappa shape index (κ2) is 5.65. The van der Waals surface area contributed by atoms with Gasteiger partial charge in [0, 0.05) is 11.1 Å². The first kappa shape index (κ1) is 13.3. The zero-order valence-electron chi connectivity index (χ0n) is 9.41. The molecule has 7 heteroatoms. The fourth-order valence-corrected chi connectivity index (χ4v) is 2.39. The molecule has 0 aliphatic heterocycles. The second-order valence-corrected chi connectivity index (χ2v) is 5.61. The van der Waals surface area contributed by atoms with Crippen LogP contribution in [-0.2, 0) is 6.54 Å². The number of aromatic nitrogens is 2. The number of carbonyl (C=O) groups is 1. The number of carbonyl (C=O) groups excluding carboxylic acids is 1. The number of rotatable bonds is 3. The topological polar surface area (TPSA) is 54.9 Å². The Hall–Kier alpha value is -1.17. The molecule has 0 unspecified atom stereocenters. The van der Waals surface area contributed by atoms with Crippen LogP contribution in [0.2, 0.25) is 10.2 Å². The molecule has 2 rings (SSSR count). The van der Waals surface area contributed by atoms with E-state index in [4.69, 9.17) is 23.2 Å². The number of pyridine rings is 1. The average Bonchev–Trinajstić information content (AvgIpc) is 2.75. The van der Waals surface area contributed by atoms with Crippen LogP contribution >= 0.6 is 34.5 Å². The van der Waals surface area contributed by atoms with E-state index < -0.39 is 0 Å². The molecule has 0 saturated heterocycles. The van der Waals surface area contributed by atoms with Crippen LogP contribution in [0.15, 0.2) is 18.3 Å². The molecule has 0 aromatic carbocycles. The van der Waals surface area contributed by atoms with Crippen molar-refractivity contribution in [1.29, 1.82) is 0 Å². The van der Waals surface area contributed by atoms with Crippen LogP contribution in [0.4, 0.5) is 0 Å². The lowest BCUT2D eigenvalue weighted by Gasteiger charge is -2.04. The fraction of sp³-hybridized carbons (Fsp3) is 0.182. The number of aryl methyl sites for hydroxylation is 1. The summed E-state index contributed by atoms with van der Waals surface area (Å²) < 4.78 is 0. The maximum atomic E-state index is 11.9. The van der Waals surface area contributed by atoms with E-state index in [1.165, 1.54) is 17.4 Å². The first-order valence-corrected chi connectivity index (χ1v) is 6.65. The zero-order valence-corrected chi connectivity index (χ0v) is 11.7. The van der Waals surface area contributed by atoms with Gasteiger partial charge in [0.2, 0.25) is 0 Å². The Kier molecular flexibility index (Phi) is 4.16. The van der Waals surface area contributed by atoms with Crippen LogP contribution in [0.5, 0.6) is 0 Å². The molecule has 0 fully saturated rings. The number of amides is 1. The molecular formula is C11H9Cl2N3OS. The number of halogens is 2. The Labute approximate surface area is 118 Å². The summed E-state index contributed by atoms with van der Waals surface area (Å²) in [6.07, 6.45) is 1.73. The van der Waals surface area contributed by atoms with Crippen molar-refractivity contribution in [2.45, 2.75) is 13.5 Å². The van der Waals surface area contributed by atoms with Crippen molar-refractivity contribution in [2.75, 3.05) is 0 Å². The molecule has 1 N–H and O–H groups in total. The SMILES string of the molecule is Cc1ncc(CNC(=O)c2nc(Cl)ccc2Cl)s1. The highest BCUT2D eigenvalue weighted by Crippen LogP contribution is 2.17. The Morgan fingerprint density at radius 1 is 1.44 bits per heavy atom. The molecule has 2 aromatic rings. The van der Waals surface area contributed by atoms with Crippen molar-refractivity contribution in [3.8, 4) is 0 Å². The third kappa shape index (κ3) is 3.19. The van der Waals surface area contributed by atoms with E-state index in [9.17, 15) is 4.79 Å². The smallest absolute Gasteiger partial charge is 0.271 e. The maximum Gasteiger partial charge on any atom is 0.271 e. The molecule has 0 saturated carbocycles. The maximum absolute atomic E-state index is 11.9. The number of hydrogen-bond acceptors (Lipinski definition) is 4. The van der Waals surface area contributed by atoms with Crippen molar-refractivity contribution < 1.29 is 4.79 Å². The first-order chi connectivity index (χ1) is 8.56. The van der Waals surface area contributed by atoms with Crippen LogP contribution in [0.1, 0.15) is 20.4 Å². The van der Waals surface area contributed by atoms with Gasteiger partial charge in [-0.2, -0.15) is 0 Å².